The van der Waals surface area contributed by atoms with Gasteiger partial charge in [-0.15, -0.1) is 0 Å². The molecular weight excluding hydrogens is 235 g/mol. The van der Waals surface area contributed by atoms with Crippen molar-refractivity contribution in [1.82, 2.24) is 9.82 Å². The number of benzene rings is 1. The summed E-state index contributed by atoms with van der Waals surface area (Å²) in [5.74, 6) is 0. The van der Waals surface area contributed by atoms with E-state index < -0.39 is 0 Å². The van der Waals surface area contributed by atoms with Gasteiger partial charge < -0.3 is 4.98 Å². The van der Waals surface area contributed by atoms with E-state index in [9.17, 15) is 4.79 Å². The highest BCUT2D eigenvalue weighted by molar-refractivity contribution is 6.31. The normalized spacial score (nSPS) is 10.8. The molecule has 2 N–H and O–H groups in total. The van der Waals surface area contributed by atoms with E-state index in [1.165, 1.54) is 0 Å². The van der Waals surface area contributed by atoms with Gasteiger partial charge in [0.05, 0.1) is 0 Å². The van der Waals surface area contributed by atoms with Gasteiger partial charge in [-0.2, -0.15) is 0 Å². The Balaban J connectivity index is 2.66. The van der Waals surface area contributed by atoms with Crippen LogP contribution in [0.2, 0.25) is 5.02 Å². The van der Waals surface area contributed by atoms with Crippen LogP contribution in [0.4, 0.5) is 0 Å². The fourth-order valence-electron chi connectivity index (χ4n) is 1.43. The predicted octanol–water partition coefficient (Wildman–Crippen LogP) is 2.42. The molecule has 0 fully saturated rings. The molecule has 0 saturated carbocycles. The molecule has 1 heterocycles. The third kappa shape index (κ3) is 2.15. The quantitative estimate of drug-likeness (QED) is 0.795. The SMILES string of the molecule is O=c1[nH]c2ccc(Cl)cc2cc1CNCl. The average Bonchev–Trinajstić information content (AvgIpc) is 2.20. The largest absolute Gasteiger partial charge is 0.322 e. The second-order valence-electron chi connectivity index (χ2n) is 3.17. The zero-order valence-corrected chi connectivity index (χ0v) is 9.19. The van der Waals surface area contributed by atoms with E-state index in [-0.39, 0.29) is 5.56 Å². The van der Waals surface area contributed by atoms with Crippen molar-refractivity contribution < 1.29 is 0 Å². The van der Waals surface area contributed by atoms with Crippen LogP contribution in [-0.4, -0.2) is 4.98 Å². The zero-order chi connectivity index (χ0) is 10.8. The fourth-order valence-corrected chi connectivity index (χ4v) is 1.75. The maximum absolute atomic E-state index is 11.5. The van der Waals surface area contributed by atoms with Gasteiger partial charge in [0.1, 0.15) is 0 Å². The van der Waals surface area contributed by atoms with Crippen LogP contribution in [0.25, 0.3) is 10.9 Å². The lowest BCUT2D eigenvalue weighted by Crippen LogP contribution is -2.15. The van der Waals surface area contributed by atoms with Gasteiger partial charge in [0, 0.05) is 28.0 Å². The summed E-state index contributed by atoms with van der Waals surface area (Å²) in [7, 11) is 0. The average molecular weight is 243 g/mol. The first-order chi connectivity index (χ1) is 7.20. The summed E-state index contributed by atoms with van der Waals surface area (Å²) in [5.41, 5.74) is 1.21. The van der Waals surface area contributed by atoms with E-state index in [2.05, 4.69) is 9.82 Å². The van der Waals surface area contributed by atoms with Crippen molar-refractivity contribution in [2.75, 3.05) is 0 Å². The number of halogens is 2. The maximum atomic E-state index is 11.5. The van der Waals surface area contributed by atoms with Crippen LogP contribution >= 0.6 is 23.4 Å². The summed E-state index contributed by atoms with van der Waals surface area (Å²) >= 11 is 11.2. The monoisotopic (exact) mass is 242 g/mol. The Morgan fingerprint density at radius 3 is 2.87 bits per heavy atom. The van der Waals surface area contributed by atoms with Crippen molar-refractivity contribution in [3.05, 3.63) is 45.2 Å². The molecule has 0 aliphatic carbocycles. The molecule has 5 heteroatoms. The molecule has 0 radical (unpaired) electrons. The summed E-state index contributed by atoms with van der Waals surface area (Å²) in [6, 6.07) is 7.08. The van der Waals surface area contributed by atoms with Crippen molar-refractivity contribution in [2.24, 2.45) is 0 Å². The number of rotatable bonds is 2. The fraction of sp³-hybridized carbons (Fsp3) is 0.100. The molecule has 78 valence electrons. The van der Waals surface area contributed by atoms with E-state index in [0.717, 1.165) is 10.9 Å². The third-order valence-electron chi connectivity index (χ3n) is 2.14. The Kier molecular flexibility index (Phi) is 2.95. The molecule has 3 nitrogen and oxygen atoms in total. The van der Waals surface area contributed by atoms with Crippen molar-refractivity contribution in [1.29, 1.82) is 0 Å². The van der Waals surface area contributed by atoms with E-state index in [4.69, 9.17) is 23.4 Å². The number of aromatic nitrogens is 1. The number of aromatic amines is 1. The standard InChI is InChI=1S/C10H8Cl2N2O/c11-8-1-2-9-6(4-8)3-7(5-13-12)10(15)14-9/h1-4,13H,5H2,(H,14,15). The minimum Gasteiger partial charge on any atom is -0.322 e. The van der Waals surface area contributed by atoms with Crippen molar-refractivity contribution in [3.8, 4) is 0 Å². The Labute approximate surface area is 96.1 Å². The Bertz CT molecular complexity index is 551. The van der Waals surface area contributed by atoms with Gasteiger partial charge >= 0.3 is 0 Å². The molecular formula is C10H8Cl2N2O. The smallest absolute Gasteiger partial charge is 0.252 e. The molecule has 2 aromatic rings. The zero-order valence-electron chi connectivity index (χ0n) is 7.68. The van der Waals surface area contributed by atoms with E-state index in [0.29, 0.717) is 17.1 Å². The predicted molar refractivity (Wildman–Crippen MR) is 62.3 cm³/mol. The van der Waals surface area contributed by atoms with Gasteiger partial charge in [0.25, 0.3) is 5.56 Å². The molecule has 0 amide bonds. The molecule has 0 saturated heterocycles. The molecule has 2 rings (SSSR count). The Morgan fingerprint density at radius 2 is 2.13 bits per heavy atom. The third-order valence-corrected chi connectivity index (χ3v) is 2.51. The highest BCUT2D eigenvalue weighted by atomic mass is 35.5. The maximum Gasteiger partial charge on any atom is 0.252 e. The first-order valence-corrected chi connectivity index (χ1v) is 5.11. The minimum atomic E-state index is -0.141. The van der Waals surface area contributed by atoms with E-state index in [1.54, 1.807) is 24.3 Å². The highest BCUT2D eigenvalue weighted by Crippen LogP contribution is 2.17. The van der Waals surface area contributed by atoms with Gasteiger partial charge in [-0.05, 0) is 36.0 Å². The Hall–Kier alpha value is -1.03. The summed E-state index contributed by atoms with van der Waals surface area (Å²) in [4.78, 5) is 16.7. The van der Waals surface area contributed by atoms with Gasteiger partial charge in [-0.25, -0.2) is 4.84 Å². The van der Waals surface area contributed by atoms with Crippen molar-refractivity contribution in [3.63, 3.8) is 0 Å². The molecule has 1 aromatic heterocycles. The van der Waals surface area contributed by atoms with Gasteiger partial charge in [-0.1, -0.05) is 11.6 Å². The summed E-state index contributed by atoms with van der Waals surface area (Å²) in [5, 5.41) is 1.53. The lowest BCUT2D eigenvalue weighted by atomic mass is 10.1. The summed E-state index contributed by atoms with van der Waals surface area (Å²) < 4.78 is 0. The second-order valence-corrected chi connectivity index (χ2v) is 3.87. The molecule has 0 aliphatic heterocycles. The molecule has 0 aliphatic rings. The molecule has 0 atom stereocenters. The topological polar surface area (TPSA) is 44.9 Å². The highest BCUT2D eigenvalue weighted by Gasteiger charge is 2.02. The molecule has 1 aromatic carbocycles. The molecule has 0 bridgehead atoms. The molecule has 0 spiro atoms. The first-order valence-electron chi connectivity index (χ1n) is 4.35. The van der Waals surface area contributed by atoms with Crippen LogP contribution in [0.15, 0.2) is 29.1 Å². The summed E-state index contributed by atoms with van der Waals surface area (Å²) in [6.07, 6.45) is 0. The summed E-state index contributed by atoms with van der Waals surface area (Å²) in [6.45, 7) is 0.319. The lowest BCUT2D eigenvalue weighted by molar-refractivity contribution is 0.941. The number of pyridine rings is 1. The number of hydrogen-bond acceptors (Lipinski definition) is 2. The number of H-pyrrole nitrogens is 1. The van der Waals surface area contributed by atoms with Crippen molar-refractivity contribution >= 4 is 34.3 Å². The van der Waals surface area contributed by atoms with Crippen LogP contribution in [0.1, 0.15) is 5.56 Å². The molecule has 15 heavy (non-hydrogen) atoms. The van der Waals surface area contributed by atoms with Gasteiger partial charge in [-0.3, -0.25) is 4.79 Å². The minimum absolute atomic E-state index is 0.141. The van der Waals surface area contributed by atoms with Gasteiger partial charge in [0.2, 0.25) is 0 Å². The number of fused-ring (bicyclic) bond motifs is 1. The number of hydrogen-bond donors (Lipinski definition) is 2. The van der Waals surface area contributed by atoms with E-state index >= 15 is 0 Å². The second kappa shape index (κ2) is 4.23. The van der Waals surface area contributed by atoms with E-state index in [1.807, 2.05) is 0 Å². The molecule has 0 unspecified atom stereocenters. The van der Waals surface area contributed by atoms with Crippen LogP contribution in [0, 0.1) is 0 Å². The van der Waals surface area contributed by atoms with Crippen LogP contribution < -0.4 is 10.4 Å². The Morgan fingerprint density at radius 1 is 1.33 bits per heavy atom. The van der Waals surface area contributed by atoms with Gasteiger partial charge in [0.15, 0.2) is 0 Å². The van der Waals surface area contributed by atoms with Crippen LogP contribution in [0.5, 0.6) is 0 Å². The number of nitrogens with one attached hydrogen (secondary N) is 2. The van der Waals surface area contributed by atoms with Crippen LogP contribution in [-0.2, 0) is 6.54 Å². The lowest BCUT2D eigenvalue weighted by Gasteiger charge is -2.02. The van der Waals surface area contributed by atoms with Crippen molar-refractivity contribution in [2.45, 2.75) is 6.54 Å². The van der Waals surface area contributed by atoms with Crippen LogP contribution in [0.3, 0.4) is 0 Å². The first kappa shape index (κ1) is 10.5.